The zero-order valence-corrected chi connectivity index (χ0v) is 4.72. The minimum absolute atomic E-state index is 0.405. The molecule has 0 fully saturated rings. The molecule has 1 aromatic rings. The zero-order valence-electron chi connectivity index (χ0n) is 3.54. The van der Waals surface area contributed by atoms with Crippen LogP contribution in [-0.2, 0) is 18.9 Å². The molecule has 0 aromatic carbocycles. The summed E-state index contributed by atoms with van der Waals surface area (Å²) in [5.41, 5.74) is 0. The number of rotatable bonds is 1. The molecule has 38 valence electrons. The molecule has 0 N–H and O–H groups in total. The van der Waals surface area contributed by atoms with Crippen LogP contribution in [0.4, 0.5) is 0 Å². The second-order valence-corrected chi connectivity index (χ2v) is 1.92. The van der Waals surface area contributed by atoms with Gasteiger partial charge in [0, 0.05) is 0 Å². The van der Waals surface area contributed by atoms with Gasteiger partial charge in [-0.3, -0.25) is 0 Å². The van der Waals surface area contributed by atoms with Crippen LogP contribution in [0.5, 0.6) is 0 Å². The van der Waals surface area contributed by atoms with E-state index < -0.39 is 15.1 Å². The van der Waals surface area contributed by atoms with Gasteiger partial charge in [0.15, 0.2) is 0 Å². The van der Waals surface area contributed by atoms with E-state index in [1.54, 1.807) is 16.0 Å². The third-order valence-electron chi connectivity index (χ3n) is 0.648. The summed E-state index contributed by atoms with van der Waals surface area (Å²) in [5.74, 6) is 0. The summed E-state index contributed by atoms with van der Waals surface area (Å²) in [7, 11) is 0. The van der Waals surface area contributed by atoms with Crippen molar-refractivity contribution >= 4 is 0 Å². The maximum atomic E-state index is 9.99. The molecule has 0 aliphatic carbocycles. The molecule has 3 heteroatoms. The first kappa shape index (κ1) is 4.75. The van der Waals surface area contributed by atoms with Gasteiger partial charge >= 0.3 is 47.1 Å². The van der Waals surface area contributed by atoms with E-state index in [0.29, 0.717) is 0 Å². The van der Waals surface area contributed by atoms with E-state index in [9.17, 15) is 3.83 Å². The van der Waals surface area contributed by atoms with E-state index in [2.05, 4.69) is 0 Å². The first-order valence-electron chi connectivity index (χ1n) is 1.84. The Bertz CT molecular complexity index is 147. The van der Waals surface area contributed by atoms with Crippen LogP contribution in [-0.4, -0.2) is 3.58 Å². The Hall–Kier alpha value is -0.401. The quantitative estimate of drug-likeness (QED) is 0.521. The van der Waals surface area contributed by atoms with Crippen LogP contribution in [0.1, 0.15) is 0 Å². The van der Waals surface area contributed by atoms with Gasteiger partial charge in [-0.1, -0.05) is 0 Å². The number of nitrogens with zero attached hydrogens (tertiary/aromatic N) is 1. The normalized spacial score (nSPS) is 9.14. The molecule has 0 radical (unpaired) electrons. The molecule has 7 heavy (non-hydrogen) atoms. The molecule has 0 spiro atoms. The molecule has 0 saturated carbocycles. The average Bonchev–Trinajstić information content (AvgIpc) is 2.14. The third kappa shape index (κ3) is 0.981. The Kier molecular flexibility index (Phi) is 1.39. The first-order chi connectivity index (χ1) is 3.43. The van der Waals surface area contributed by atoms with Gasteiger partial charge in [-0.15, -0.1) is 0 Å². The second-order valence-electron chi connectivity index (χ2n) is 1.10. The molecule has 2 nitrogen and oxygen atoms in total. The minimum atomic E-state index is -0.405. The third-order valence-corrected chi connectivity index (χ3v) is 1.25. The molecule has 0 atom stereocenters. The Morgan fingerprint density at radius 3 is 2.14 bits per heavy atom. The molecule has 1 heterocycles. The van der Waals surface area contributed by atoms with Crippen molar-refractivity contribution in [2.45, 2.75) is 0 Å². The molecule has 0 amide bonds. The van der Waals surface area contributed by atoms with Crippen molar-refractivity contribution in [1.82, 2.24) is 3.58 Å². The molecule has 0 aliphatic heterocycles. The number of aromatic nitrogens is 1. The number of hydrogen-bond donors (Lipinski definition) is 0. The van der Waals surface area contributed by atoms with Crippen molar-refractivity contribution in [1.29, 1.82) is 0 Å². The molecular formula is C4H4MnNO. The van der Waals surface area contributed by atoms with Gasteiger partial charge in [0.25, 0.3) is 0 Å². The van der Waals surface area contributed by atoms with Crippen LogP contribution < -0.4 is 0 Å². The fraction of sp³-hybridized carbons (Fsp3) is 0. The van der Waals surface area contributed by atoms with Gasteiger partial charge in [0.1, 0.15) is 0 Å². The fourth-order valence-corrected chi connectivity index (χ4v) is 0.706. The molecule has 0 saturated heterocycles. The average molecular weight is 137 g/mol. The standard InChI is InChI=1S/C4H4N.Mn.O/c1-2-4-5-3-1;;/h1-4H;;/q-1;+1;. The van der Waals surface area contributed by atoms with E-state index in [1.165, 1.54) is 0 Å². The summed E-state index contributed by atoms with van der Waals surface area (Å²) < 4.78 is 11.6. The van der Waals surface area contributed by atoms with E-state index in [0.717, 1.165) is 0 Å². The monoisotopic (exact) mass is 137 g/mol. The first-order valence-corrected chi connectivity index (χ1v) is 2.85. The zero-order chi connectivity index (χ0) is 5.11. The molecule has 0 bridgehead atoms. The van der Waals surface area contributed by atoms with Crippen LogP contribution in [0.3, 0.4) is 0 Å². The Labute approximate surface area is 47.7 Å². The van der Waals surface area contributed by atoms with Gasteiger partial charge in [-0.2, -0.15) is 0 Å². The van der Waals surface area contributed by atoms with Crippen molar-refractivity contribution in [2.75, 3.05) is 0 Å². The van der Waals surface area contributed by atoms with E-state index >= 15 is 0 Å². The van der Waals surface area contributed by atoms with Gasteiger partial charge in [-0.25, -0.2) is 0 Å². The van der Waals surface area contributed by atoms with Crippen LogP contribution >= 0.6 is 0 Å². The second kappa shape index (κ2) is 2.05. The van der Waals surface area contributed by atoms with E-state index in [-0.39, 0.29) is 0 Å². The van der Waals surface area contributed by atoms with Crippen molar-refractivity contribution in [3.8, 4) is 0 Å². The maximum absolute atomic E-state index is 9.99. The summed E-state index contributed by atoms with van der Waals surface area (Å²) in [5, 5.41) is 0. The molecule has 0 unspecified atom stereocenters. The van der Waals surface area contributed by atoms with Gasteiger partial charge in [0.2, 0.25) is 0 Å². The van der Waals surface area contributed by atoms with Gasteiger partial charge in [-0.05, 0) is 0 Å². The van der Waals surface area contributed by atoms with Crippen molar-refractivity contribution in [3.63, 3.8) is 0 Å². The van der Waals surface area contributed by atoms with Gasteiger partial charge < -0.3 is 0 Å². The predicted molar refractivity (Wildman–Crippen MR) is 20.5 cm³/mol. The Morgan fingerprint density at radius 2 is 1.86 bits per heavy atom. The van der Waals surface area contributed by atoms with E-state index in [4.69, 9.17) is 0 Å². The van der Waals surface area contributed by atoms with Crippen LogP contribution in [0.25, 0.3) is 0 Å². The SMILES string of the molecule is [O]=[Mn][n]1cccc1. The van der Waals surface area contributed by atoms with Crippen LogP contribution in [0, 0.1) is 0 Å². The number of hydrogen-bond acceptors (Lipinski definition) is 1. The molecule has 1 rings (SSSR count). The van der Waals surface area contributed by atoms with Crippen LogP contribution in [0.15, 0.2) is 24.5 Å². The van der Waals surface area contributed by atoms with Gasteiger partial charge in [0.05, 0.1) is 0 Å². The van der Waals surface area contributed by atoms with E-state index in [1.807, 2.05) is 12.1 Å². The van der Waals surface area contributed by atoms with Crippen molar-refractivity contribution in [2.24, 2.45) is 0 Å². The fourth-order valence-electron chi connectivity index (χ4n) is 0.360. The summed E-state index contributed by atoms with van der Waals surface area (Å²) in [6.45, 7) is 0. The predicted octanol–water partition coefficient (Wildman–Crippen LogP) is 0.679. The van der Waals surface area contributed by atoms with Crippen molar-refractivity contribution in [3.05, 3.63) is 24.5 Å². The summed E-state index contributed by atoms with van der Waals surface area (Å²) in [6.07, 6.45) is 3.51. The summed E-state index contributed by atoms with van der Waals surface area (Å²) >= 11 is -0.405. The molecule has 1 aromatic heterocycles. The summed E-state index contributed by atoms with van der Waals surface area (Å²) in [6, 6.07) is 3.68. The Morgan fingerprint density at radius 1 is 1.29 bits per heavy atom. The topological polar surface area (TPSA) is 22.0 Å². The summed E-state index contributed by atoms with van der Waals surface area (Å²) in [4.78, 5) is 0. The molecule has 0 aliphatic rings. The molecular weight excluding hydrogens is 133 g/mol. The van der Waals surface area contributed by atoms with Crippen molar-refractivity contribution < 1.29 is 18.9 Å². The van der Waals surface area contributed by atoms with Crippen LogP contribution in [0.2, 0.25) is 0 Å². The Balaban J connectivity index is 2.96.